The Balaban J connectivity index is 2.17. The van der Waals surface area contributed by atoms with E-state index >= 15 is 0 Å². The largest absolute Gasteiger partial charge is 0.475 e. The standard InChI is InChI=1S/C14H16FN3OS/c1-3-9(2)19-13-8-12(16)17-14(18-13)20-11-6-4-10(15)5-7-11/h4-9H,3H2,1-2H3,(H2,16,17,18). The van der Waals surface area contributed by atoms with E-state index in [1.165, 1.54) is 23.9 Å². The van der Waals surface area contributed by atoms with Crippen LogP contribution in [0.3, 0.4) is 0 Å². The third kappa shape index (κ3) is 4.09. The van der Waals surface area contributed by atoms with Crippen LogP contribution in [0.15, 0.2) is 40.4 Å². The first-order valence-electron chi connectivity index (χ1n) is 6.31. The second-order valence-corrected chi connectivity index (χ2v) is 5.35. The minimum Gasteiger partial charge on any atom is -0.475 e. The first kappa shape index (κ1) is 14.6. The van der Waals surface area contributed by atoms with Gasteiger partial charge < -0.3 is 10.5 Å². The quantitative estimate of drug-likeness (QED) is 0.855. The van der Waals surface area contributed by atoms with Crippen LogP contribution in [0.2, 0.25) is 0 Å². The predicted octanol–water partition coefficient (Wildman–Crippen LogP) is 3.53. The number of nitrogen functional groups attached to an aromatic ring is 1. The van der Waals surface area contributed by atoms with E-state index in [4.69, 9.17) is 10.5 Å². The van der Waals surface area contributed by atoms with Gasteiger partial charge in [0.1, 0.15) is 11.6 Å². The van der Waals surface area contributed by atoms with E-state index in [9.17, 15) is 4.39 Å². The molecule has 0 fully saturated rings. The molecular formula is C14H16FN3OS. The van der Waals surface area contributed by atoms with Crippen LogP contribution in [0, 0.1) is 5.82 Å². The number of halogens is 1. The first-order chi connectivity index (χ1) is 9.56. The molecule has 0 saturated heterocycles. The van der Waals surface area contributed by atoms with Crippen LogP contribution in [0.4, 0.5) is 10.2 Å². The lowest BCUT2D eigenvalue weighted by Crippen LogP contribution is -2.11. The van der Waals surface area contributed by atoms with Gasteiger partial charge >= 0.3 is 0 Å². The zero-order valence-electron chi connectivity index (χ0n) is 11.3. The lowest BCUT2D eigenvalue weighted by atomic mass is 10.3. The average Bonchev–Trinajstić information content (AvgIpc) is 2.40. The Kier molecular flexibility index (Phi) is 4.79. The van der Waals surface area contributed by atoms with Crippen molar-refractivity contribution in [3.8, 4) is 5.88 Å². The van der Waals surface area contributed by atoms with Crippen molar-refractivity contribution in [3.63, 3.8) is 0 Å². The van der Waals surface area contributed by atoms with Gasteiger partial charge in [-0.3, -0.25) is 0 Å². The fraction of sp³-hybridized carbons (Fsp3) is 0.286. The zero-order chi connectivity index (χ0) is 14.5. The maximum Gasteiger partial charge on any atom is 0.219 e. The second-order valence-electron chi connectivity index (χ2n) is 4.31. The third-order valence-electron chi connectivity index (χ3n) is 2.62. The maximum absolute atomic E-state index is 12.9. The summed E-state index contributed by atoms with van der Waals surface area (Å²) in [5.41, 5.74) is 5.75. The summed E-state index contributed by atoms with van der Waals surface area (Å²) in [4.78, 5) is 9.27. The highest BCUT2D eigenvalue weighted by atomic mass is 32.2. The number of ether oxygens (including phenoxy) is 1. The van der Waals surface area contributed by atoms with E-state index in [1.54, 1.807) is 18.2 Å². The van der Waals surface area contributed by atoms with Crippen molar-refractivity contribution >= 4 is 17.6 Å². The molecule has 0 aliphatic heterocycles. The Morgan fingerprint density at radius 3 is 2.65 bits per heavy atom. The summed E-state index contributed by atoms with van der Waals surface area (Å²) < 4.78 is 18.5. The maximum atomic E-state index is 12.9. The zero-order valence-corrected chi connectivity index (χ0v) is 12.2. The molecule has 6 heteroatoms. The molecule has 2 N–H and O–H groups in total. The van der Waals surface area contributed by atoms with E-state index in [0.717, 1.165) is 11.3 Å². The van der Waals surface area contributed by atoms with Gasteiger partial charge in [-0.25, -0.2) is 9.37 Å². The molecule has 1 atom stereocenters. The summed E-state index contributed by atoms with van der Waals surface area (Å²) in [7, 11) is 0. The number of nitrogens with zero attached hydrogens (tertiary/aromatic N) is 2. The van der Waals surface area contributed by atoms with Crippen molar-refractivity contribution < 1.29 is 9.13 Å². The molecule has 1 heterocycles. The van der Waals surface area contributed by atoms with Crippen molar-refractivity contribution in [1.82, 2.24) is 9.97 Å². The van der Waals surface area contributed by atoms with E-state index in [1.807, 2.05) is 13.8 Å². The minimum absolute atomic E-state index is 0.0629. The molecule has 0 bridgehead atoms. The van der Waals surface area contributed by atoms with Crippen LogP contribution in [0.25, 0.3) is 0 Å². The van der Waals surface area contributed by atoms with Crippen molar-refractivity contribution in [2.75, 3.05) is 5.73 Å². The molecule has 106 valence electrons. The summed E-state index contributed by atoms with van der Waals surface area (Å²) >= 11 is 1.31. The van der Waals surface area contributed by atoms with Crippen LogP contribution in [-0.4, -0.2) is 16.1 Å². The van der Waals surface area contributed by atoms with Gasteiger partial charge in [-0.1, -0.05) is 6.92 Å². The van der Waals surface area contributed by atoms with E-state index in [2.05, 4.69) is 9.97 Å². The van der Waals surface area contributed by atoms with E-state index in [-0.39, 0.29) is 11.9 Å². The summed E-state index contributed by atoms with van der Waals surface area (Å²) in [6.45, 7) is 3.99. The molecule has 4 nitrogen and oxygen atoms in total. The highest BCUT2D eigenvalue weighted by molar-refractivity contribution is 7.99. The third-order valence-corrected chi connectivity index (χ3v) is 3.49. The number of nitrogens with two attached hydrogens (primary N) is 1. The lowest BCUT2D eigenvalue weighted by Gasteiger charge is -2.12. The van der Waals surface area contributed by atoms with Crippen LogP contribution in [0.1, 0.15) is 20.3 Å². The molecular weight excluding hydrogens is 277 g/mol. The van der Waals surface area contributed by atoms with Crippen molar-refractivity contribution in [3.05, 3.63) is 36.1 Å². The molecule has 1 unspecified atom stereocenters. The summed E-state index contributed by atoms with van der Waals surface area (Å²) in [5, 5.41) is 0.481. The number of aromatic nitrogens is 2. The first-order valence-corrected chi connectivity index (χ1v) is 7.13. The van der Waals surface area contributed by atoms with Gasteiger partial charge in [0.2, 0.25) is 5.88 Å². The molecule has 2 aromatic rings. The smallest absolute Gasteiger partial charge is 0.219 e. The molecule has 0 spiro atoms. The Morgan fingerprint density at radius 2 is 2.00 bits per heavy atom. The number of rotatable bonds is 5. The molecule has 1 aromatic carbocycles. The topological polar surface area (TPSA) is 61.0 Å². The molecule has 1 aromatic heterocycles. The van der Waals surface area contributed by atoms with Crippen molar-refractivity contribution in [1.29, 1.82) is 0 Å². The van der Waals surface area contributed by atoms with E-state index in [0.29, 0.717) is 16.9 Å². The molecule has 0 amide bonds. The Morgan fingerprint density at radius 1 is 1.30 bits per heavy atom. The highest BCUT2D eigenvalue weighted by Crippen LogP contribution is 2.27. The van der Waals surface area contributed by atoms with Crippen molar-refractivity contribution in [2.45, 2.75) is 36.4 Å². The fourth-order valence-electron chi connectivity index (χ4n) is 1.42. The Labute approximate surface area is 121 Å². The summed E-state index contributed by atoms with van der Waals surface area (Å²) in [6, 6.07) is 7.72. The monoisotopic (exact) mass is 293 g/mol. The highest BCUT2D eigenvalue weighted by Gasteiger charge is 2.08. The van der Waals surface area contributed by atoms with E-state index < -0.39 is 0 Å². The van der Waals surface area contributed by atoms with Crippen LogP contribution in [0.5, 0.6) is 5.88 Å². The molecule has 2 rings (SSSR count). The molecule has 20 heavy (non-hydrogen) atoms. The Hall–Kier alpha value is -1.82. The lowest BCUT2D eigenvalue weighted by molar-refractivity contribution is 0.207. The molecule has 0 radical (unpaired) electrons. The van der Waals surface area contributed by atoms with Gasteiger partial charge in [-0.2, -0.15) is 4.98 Å². The van der Waals surface area contributed by atoms with Crippen LogP contribution in [-0.2, 0) is 0 Å². The van der Waals surface area contributed by atoms with Crippen molar-refractivity contribution in [2.24, 2.45) is 0 Å². The van der Waals surface area contributed by atoms with Crippen LogP contribution < -0.4 is 10.5 Å². The van der Waals surface area contributed by atoms with Gasteiger partial charge in [0.25, 0.3) is 0 Å². The van der Waals surface area contributed by atoms with Crippen LogP contribution >= 0.6 is 11.8 Å². The van der Waals surface area contributed by atoms with Gasteiger partial charge in [0.05, 0.1) is 6.10 Å². The number of anilines is 1. The SMILES string of the molecule is CCC(C)Oc1cc(N)nc(Sc2ccc(F)cc2)n1. The number of hydrogen-bond donors (Lipinski definition) is 1. The number of benzene rings is 1. The average molecular weight is 293 g/mol. The normalized spacial score (nSPS) is 12.2. The summed E-state index contributed by atoms with van der Waals surface area (Å²) in [6.07, 6.45) is 0.942. The minimum atomic E-state index is -0.274. The second kappa shape index (κ2) is 6.56. The molecule has 0 saturated carbocycles. The molecule has 0 aliphatic carbocycles. The number of hydrogen-bond acceptors (Lipinski definition) is 5. The van der Waals surface area contributed by atoms with Gasteiger partial charge in [-0.15, -0.1) is 0 Å². The summed E-state index contributed by atoms with van der Waals surface area (Å²) in [5.74, 6) is 0.531. The predicted molar refractivity (Wildman–Crippen MR) is 77.3 cm³/mol. The van der Waals surface area contributed by atoms with Gasteiger partial charge in [0.15, 0.2) is 5.16 Å². The van der Waals surface area contributed by atoms with Gasteiger partial charge in [-0.05, 0) is 49.4 Å². The fourth-order valence-corrected chi connectivity index (χ4v) is 2.19. The Bertz CT molecular complexity index is 577. The van der Waals surface area contributed by atoms with Gasteiger partial charge in [0, 0.05) is 11.0 Å². The molecule has 0 aliphatic rings.